The summed E-state index contributed by atoms with van der Waals surface area (Å²) in [5, 5.41) is 2.25. The van der Waals surface area contributed by atoms with Crippen LogP contribution >= 0.6 is 0 Å². The zero-order valence-electron chi connectivity index (χ0n) is 39.1. The fraction of sp³-hybridized carbons (Fsp3) is 0.200. The predicted molar refractivity (Wildman–Crippen MR) is 279 cm³/mol. The molecular weight excluding hydrogens is 789 g/mol. The number of hydrogen-bond acceptors (Lipinski definition) is 4. The number of hydrogen-bond donors (Lipinski definition) is 0. The summed E-state index contributed by atoms with van der Waals surface area (Å²) in [6.07, 6.45) is 0. The third-order valence-electron chi connectivity index (χ3n) is 13.7. The van der Waals surface area contributed by atoms with Gasteiger partial charge in [-0.1, -0.05) is 147 Å². The van der Waals surface area contributed by atoms with E-state index in [0.29, 0.717) is 0 Å². The van der Waals surface area contributed by atoms with Gasteiger partial charge < -0.3 is 19.1 Å². The van der Waals surface area contributed by atoms with Crippen molar-refractivity contribution < 1.29 is 4.42 Å². The molecule has 0 saturated heterocycles. The summed E-state index contributed by atoms with van der Waals surface area (Å²) < 4.78 is 6.40. The highest BCUT2D eigenvalue weighted by Gasteiger charge is 2.45. The van der Waals surface area contributed by atoms with Gasteiger partial charge in [0.1, 0.15) is 11.2 Å². The average Bonchev–Trinajstić information content (AvgIpc) is 3.66. The minimum absolute atomic E-state index is 0.0180. The van der Waals surface area contributed by atoms with Gasteiger partial charge in [0.2, 0.25) is 0 Å². The maximum absolute atomic E-state index is 6.40. The first-order valence-corrected chi connectivity index (χ1v) is 23.1. The van der Waals surface area contributed by atoms with Gasteiger partial charge in [0.15, 0.2) is 0 Å². The van der Waals surface area contributed by atoms with E-state index < -0.39 is 0 Å². The molecule has 320 valence electrons. The van der Waals surface area contributed by atoms with Crippen molar-refractivity contribution >= 4 is 96.2 Å². The van der Waals surface area contributed by atoms with Crippen molar-refractivity contribution in [2.75, 3.05) is 14.7 Å². The fourth-order valence-corrected chi connectivity index (χ4v) is 10.1. The molecule has 9 aromatic rings. The first kappa shape index (κ1) is 40.8. The van der Waals surface area contributed by atoms with Gasteiger partial charge in [-0.25, -0.2) is 0 Å². The van der Waals surface area contributed by atoms with Crippen LogP contribution in [0, 0.1) is 0 Å². The van der Waals surface area contributed by atoms with Crippen LogP contribution in [0.1, 0.15) is 79.0 Å². The van der Waals surface area contributed by atoms with Gasteiger partial charge in [-0.15, -0.1) is 0 Å². The zero-order chi connectivity index (χ0) is 45.0. The number of para-hydroxylation sites is 3. The van der Waals surface area contributed by atoms with E-state index in [-0.39, 0.29) is 23.0 Å². The number of rotatable bonds is 5. The Kier molecular flexibility index (Phi) is 9.28. The lowest BCUT2D eigenvalue weighted by Crippen LogP contribution is -2.61. The molecule has 4 nitrogen and oxygen atoms in total. The molecule has 2 aliphatic heterocycles. The first-order valence-electron chi connectivity index (χ1n) is 23.1. The van der Waals surface area contributed by atoms with E-state index in [2.05, 4.69) is 247 Å². The largest absolute Gasteiger partial charge is 0.456 e. The van der Waals surface area contributed by atoms with E-state index in [1.54, 1.807) is 0 Å². The maximum Gasteiger partial charge on any atom is 0.252 e. The quantitative estimate of drug-likeness (QED) is 0.161. The van der Waals surface area contributed by atoms with Gasteiger partial charge in [0.25, 0.3) is 6.71 Å². The van der Waals surface area contributed by atoms with E-state index in [9.17, 15) is 0 Å². The van der Waals surface area contributed by atoms with Crippen LogP contribution in [-0.2, 0) is 16.2 Å². The molecule has 1 aromatic heterocycles. The lowest BCUT2D eigenvalue weighted by atomic mass is 9.33. The van der Waals surface area contributed by atoms with E-state index in [1.807, 2.05) is 6.07 Å². The topological polar surface area (TPSA) is 22.9 Å². The Bertz CT molecular complexity index is 3240. The highest BCUT2D eigenvalue weighted by atomic mass is 16.3. The van der Waals surface area contributed by atoms with Crippen LogP contribution in [0.5, 0.6) is 0 Å². The minimum atomic E-state index is -0.144. The van der Waals surface area contributed by atoms with Gasteiger partial charge in [-0.3, -0.25) is 0 Å². The highest BCUT2D eigenvalue weighted by Crippen LogP contribution is 2.49. The molecule has 65 heavy (non-hydrogen) atoms. The summed E-state index contributed by atoms with van der Waals surface area (Å²) in [4.78, 5) is 7.49. The second-order valence-corrected chi connectivity index (χ2v) is 21.1. The zero-order valence-corrected chi connectivity index (χ0v) is 39.1. The van der Waals surface area contributed by atoms with Crippen molar-refractivity contribution in [3.05, 3.63) is 193 Å². The van der Waals surface area contributed by atoms with Gasteiger partial charge in [0, 0.05) is 62.0 Å². The molecule has 3 heterocycles. The van der Waals surface area contributed by atoms with Crippen LogP contribution in [0.25, 0.3) is 21.9 Å². The average molecular weight is 846 g/mol. The van der Waals surface area contributed by atoms with E-state index in [1.165, 1.54) is 55.8 Å². The van der Waals surface area contributed by atoms with Crippen LogP contribution in [0.15, 0.2) is 180 Å². The molecule has 0 bridgehead atoms. The Balaban J connectivity index is 1.23. The van der Waals surface area contributed by atoms with Crippen molar-refractivity contribution in [3.8, 4) is 0 Å². The smallest absolute Gasteiger partial charge is 0.252 e. The molecule has 0 aliphatic carbocycles. The number of fused-ring (bicyclic) bond motifs is 7. The second kappa shape index (κ2) is 14.8. The van der Waals surface area contributed by atoms with Crippen LogP contribution in [-0.4, -0.2) is 6.71 Å². The SMILES string of the molecule is CC(C)(C)c1ccc(N2c3cc(N(c4ccccc4)c4ccccc4)ccc3B3c4cc(C(C)(C)C)ccc4N(c4ccc5oc6ccccc6c5c4)c4cc(C(C)(C)C)cc2c43)cc1. The molecule has 0 spiro atoms. The van der Waals surface area contributed by atoms with Gasteiger partial charge in [0.05, 0.1) is 0 Å². The molecule has 5 heteroatoms. The third-order valence-corrected chi connectivity index (χ3v) is 13.7. The lowest BCUT2D eigenvalue weighted by Gasteiger charge is -2.45. The third kappa shape index (κ3) is 6.83. The molecule has 0 amide bonds. The van der Waals surface area contributed by atoms with Crippen molar-refractivity contribution in [3.63, 3.8) is 0 Å². The number of benzene rings is 8. The Morgan fingerprint density at radius 2 is 0.938 bits per heavy atom. The Morgan fingerprint density at radius 1 is 0.385 bits per heavy atom. The summed E-state index contributed by atoms with van der Waals surface area (Å²) in [6, 6.07) is 65.4. The van der Waals surface area contributed by atoms with Crippen molar-refractivity contribution in [2.24, 2.45) is 0 Å². The molecule has 0 atom stereocenters. The summed E-state index contributed by atoms with van der Waals surface area (Å²) in [5.41, 5.74) is 19.9. The molecular formula is C60H56BN3O. The molecule has 0 unspecified atom stereocenters. The number of furan rings is 1. The first-order chi connectivity index (χ1) is 31.1. The van der Waals surface area contributed by atoms with E-state index >= 15 is 0 Å². The highest BCUT2D eigenvalue weighted by molar-refractivity contribution is 7.00. The van der Waals surface area contributed by atoms with Crippen molar-refractivity contribution in [1.82, 2.24) is 0 Å². The fourth-order valence-electron chi connectivity index (χ4n) is 10.1. The summed E-state index contributed by atoms with van der Waals surface area (Å²) in [7, 11) is 0. The lowest BCUT2D eigenvalue weighted by molar-refractivity contribution is 0.590. The molecule has 11 rings (SSSR count). The van der Waals surface area contributed by atoms with Crippen LogP contribution in [0.3, 0.4) is 0 Å². The number of nitrogens with zero attached hydrogens (tertiary/aromatic N) is 3. The second-order valence-electron chi connectivity index (χ2n) is 21.1. The van der Waals surface area contributed by atoms with Crippen LogP contribution < -0.4 is 31.1 Å². The molecule has 0 radical (unpaired) electrons. The van der Waals surface area contributed by atoms with Crippen LogP contribution in [0.4, 0.5) is 51.2 Å². The molecule has 0 fully saturated rings. The summed E-state index contributed by atoms with van der Waals surface area (Å²) >= 11 is 0. The van der Waals surface area contributed by atoms with Gasteiger partial charge >= 0.3 is 0 Å². The standard InChI is InChI=1S/C60H56BN3O/c1-58(2,3)39-24-27-44(28-25-39)63-52-38-46(62(42-18-12-10-13-19-42)43-20-14-11-15-21-43)29-31-49(52)61-50-34-40(59(4,5)6)26-32-51(50)64(54-36-41(60(7,8)9)35-53(63)57(54)61)45-30-33-56-48(37-45)47-22-16-17-23-55(47)65-56/h10-38H,1-9H3. The molecule has 8 aromatic carbocycles. The molecule has 0 saturated carbocycles. The predicted octanol–water partition coefficient (Wildman–Crippen LogP) is 15.0. The normalized spacial score (nSPS) is 13.5. The Labute approximate surface area is 384 Å². The Morgan fingerprint density at radius 3 is 1.57 bits per heavy atom. The Hall–Kier alpha value is -6.98. The van der Waals surface area contributed by atoms with Gasteiger partial charge in [-0.05, 0) is 140 Å². The van der Waals surface area contributed by atoms with Crippen molar-refractivity contribution in [2.45, 2.75) is 78.6 Å². The summed E-state index contributed by atoms with van der Waals surface area (Å²) in [6.45, 7) is 20.9. The minimum Gasteiger partial charge on any atom is -0.456 e. The maximum atomic E-state index is 6.40. The number of anilines is 9. The van der Waals surface area contributed by atoms with Gasteiger partial charge in [-0.2, -0.15) is 0 Å². The molecule has 2 aliphatic rings. The van der Waals surface area contributed by atoms with E-state index in [0.717, 1.165) is 50.4 Å². The van der Waals surface area contributed by atoms with Crippen LogP contribution in [0.2, 0.25) is 0 Å². The summed E-state index contributed by atoms with van der Waals surface area (Å²) in [5.74, 6) is 0. The van der Waals surface area contributed by atoms with E-state index in [4.69, 9.17) is 4.42 Å². The monoisotopic (exact) mass is 845 g/mol. The molecule has 0 N–H and O–H groups in total. The van der Waals surface area contributed by atoms with Crippen molar-refractivity contribution in [1.29, 1.82) is 0 Å².